The van der Waals surface area contributed by atoms with Crippen LogP contribution in [0.4, 0.5) is 0 Å². The molecular formula is C36H38N4O6. The Kier molecular flexibility index (Phi) is 10.1. The van der Waals surface area contributed by atoms with Crippen molar-refractivity contribution in [3.63, 3.8) is 0 Å². The minimum absolute atomic E-state index is 0.0638. The summed E-state index contributed by atoms with van der Waals surface area (Å²) < 4.78 is 4.93. The second-order valence-corrected chi connectivity index (χ2v) is 11.4. The molecule has 4 aliphatic rings. The Balaban J connectivity index is 0.00000154. The number of nitrogens with zero attached hydrogens (tertiary/aromatic N) is 3. The zero-order valence-electron chi connectivity index (χ0n) is 27.5. The van der Waals surface area contributed by atoms with E-state index < -0.39 is 0 Å². The summed E-state index contributed by atoms with van der Waals surface area (Å²) in [6, 6.07) is 0. The third-order valence-electron chi connectivity index (χ3n) is 8.48. The van der Waals surface area contributed by atoms with Gasteiger partial charge in [-0.15, -0.1) is 0 Å². The molecule has 5 heterocycles. The van der Waals surface area contributed by atoms with Crippen LogP contribution in [0.25, 0.3) is 17.9 Å². The first-order chi connectivity index (χ1) is 21.9. The second-order valence-electron chi connectivity index (χ2n) is 11.4. The van der Waals surface area contributed by atoms with Crippen LogP contribution >= 0.6 is 0 Å². The summed E-state index contributed by atoms with van der Waals surface area (Å²) in [4.78, 5) is 59.7. The van der Waals surface area contributed by atoms with E-state index in [1.165, 1.54) is 7.11 Å². The normalized spacial score (nSPS) is 17.6. The molecule has 0 atom stereocenters. The number of hydrogen-bond acceptors (Lipinski definition) is 9. The van der Waals surface area contributed by atoms with Crippen molar-refractivity contribution in [1.29, 1.82) is 0 Å². The van der Waals surface area contributed by atoms with E-state index in [9.17, 15) is 14.7 Å². The molecule has 0 saturated heterocycles. The molecule has 5 rings (SSSR count). The number of Topliss-reactive ketones (excluding diaryl/α,β-unsaturated/α-hetero) is 1. The van der Waals surface area contributed by atoms with Crippen LogP contribution in [0.2, 0.25) is 0 Å². The van der Waals surface area contributed by atoms with Crippen LogP contribution in [0.15, 0.2) is 77.7 Å². The molecule has 1 aromatic rings. The van der Waals surface area contributed by atoms with Gasteiger partial charge in [-0.1, -0.05) is 13.3 Å². The molecule has 8 bridgehead atoms. The molecule has 0 aliphatic carbocycles. The summed E-state index contributed by atoms with van der Waals surface area (Å²) in [6.07, 6.45) is 10.5. The quantitative estimate of drug-likeness (QED) is 0.427. The third-order valence-corrected chi connectivity index (χ3v) is 8.48. The fourth-order valence-corrected chi connectivity index (χ4v) is 6.15. The molecule has 0 amide bonds. The lowest BCUT2D eigenvalue weighted by molar-refractivity contribution is -0.191. The Morgan fingerprint density at radius 1 is 0.826 bits per heavy atom. The fourth-order valence-electron chi connectivity index (χ4n) is 6.15. The minimum Gasteiger partial charge on any atom is -0.512 e. The largest absolute Gasteiger partial charge is 0.512 e. The first-order valence-corrected chi connectivity index (χ1v) is 15.1. The molecule has 4 aliphatic heterocycles. The number of methoxy groups -OCH3 is 1. The first-order valence-electron chi connectivity index (χ1n) is 15.1. The number of hydrogen-bond donors (Lipinski definition) is 2. The summed E-state index contributed by atoms with van der Waals surface area (Å²) in [7, 11) is 1.39. The number of aliphatic hydroxyl groups is 1. The van der Waals surface area contributed by atoms with E-state index in [4.69, 9.17) is 29.3 Å². The summed E-state index contributed by atoms with van der Waals surface area (Å²) in [6.45, 7) is 13.3. The first kappa shape index (κ1) is 33.7. The molecule has 0 unspecified atom stereocenters. The summed E-state index contributed by atoms with van der Waals surface area (Å²) in [5.74, 6) is -0.179. The van der Waals surface area contributed by atoms with E-state index in [2.05, 4.69) is 18.8 Å². The Hall–Kier alpha value is -5.21. The van der Waals surface area contributed by atoms with Gasteiger partial charge in [-0.25, -0.2) is 15.0 Å². The number of aliphatic imine (C=N–C) groups is 3. The molecule has 2 N–H and O–H groups in total. The van der Waals surface area contributed by atoms with Crippen LogP contribution in [-0.4, -0.2) is 52.2 Å². The summed E-state index contributed by atoms with van der Waals surface area (Å²) in [5.41, 5.74) is 11.5. The number of H-pyrrole nitrogens is 1. The number of ether oxygens (including phenoxy) is 1. The summed E-state index contributed by atoms with van der Waals surface area (Å²) >= 11 is 0. The molecule has 0 fully saturated rings. The third kappa shape index (κ3) is 6.43. The van der Waals surface area contributed by atoms with E-state index in [-0.39, 0.29) is 30.1 Å². The van der Waals surface area contributed by atoms with Gasteiger partial charge in [0, 0.05) is 22.9 Å². The van der Waals surface area contributed by atoms with Crippen molar-refractivity contribution in [3.05, 3.63) is 84.5 Å². The SMILES string of the molecule is CCCC1=C(C)C2=CC3=NC(=Cc4[nH]c(c(=C(C)O)c4C)=CC4=NC(=CC1=N2)C(CCC(=O)OC)=C4C)C(C(C)=O)=C3C.O=C=O. The number of fused-ring (bicyclic) bond motifs is 5. The molecule has 0 spiro atoms. The molecule has 1 aromatic heterocycles. The number of nitrogens with one attached hydrogen (secondary N) is 1. The monoisotopic (exact) mass is 622 g/mol. The second kappa shape index (κ2) is 13.8. The number of allylic oxidation sites excluding steroid dienone is 8. The van der Waals surface area contributed by atoms with Gasteiger partial charge in [0.15, 0.2) is 5.78 Å². The summed E-state index contributed by atoms with van der Waals surface area (Å²) in [5, 5.41) is 12.1. The van der Waals surface area contributed by atoms with Gasteiger partial charge in [-0.2, -0.15) is 9.59 Å². The van der Waals surface area contributed by atoms with E-state index >= 15 is 0 Å². The number of aromatic amines is 1. The van der Waals surface area contributed by atoms with E-state index in [1.54, 1.807) is 13.8 Å². The van der Waals surface area contributed by atoms with Crippen molar-refractivity contribution in [1.82, 2.24) is 4.98 Å². The van der Waals surface area contributed by atoms with Crippen LogP contribution in [0.3, 0.4) is 0 Å². The zero-order valence-corrected chi connectivity index (χ0v) is 27.5. The molecule has 46 heavy (non-hydrogen) atoms. The predicted octanol–water partition coefficient (Wildman–Crippen LogP) is 4.98. The van der Waals surface area contributed by atoms with Gasteiger partial charge >= 0.3 is 12.1 Å². The number of carbonyl (C=O) groups excluding carboxylic acids is 4. The Morgan fingerprint density at radius 3 is 2.04 bits per heavy atom. The van der Waals surface area contributed by atoms with Gasteiger partial charge in [0.2, 0.25) is 0 Å². The van der Waals surface area contributed by atoms with Crippen molar-refractivity contribution in [2.75, 3.05) is 7.11 Å². The van der Waals surface area contributed by atoms with Gasteiger partial charge in [-0.05, 0) is 112 Å². The van der Waals surface area contributed by atoms with E-state index in [0.29, 0.717) is 34.0 Å². The molecule has 10 nitrogen and oxygen atoms in total. The highest BCUT2D eigenvalue weighted by atomic mass is 16.5. The van der Waals surface area contributed by atoms with Crippen LogP contribution in [0, 0.1) is 6.92 Å². The number of ketones is 1. The van der Waals surface area contributed by atoms with Crippen molar-refractivity contribution < 1.29 is 29.0 Å². The maximum Gasteiger partial charge on any atom is 0.373 e. The molecule has 0 aromatic carbocycles. The predicted molar refractivity (Wildman–Crippen MR) is 177 cm³/mol. The fraction of sp³-hybridized carbons (Fsp3) is 0.333. The van der Waals surface area contributed by atoms with Crippen molar-refractivity contribution in [3.8, 4) is 0 Å². The number of aromatic nitrogens is 1. The van der Waals surface area contributed by atoms with Crippen LogP contribution in [0.5, 0.6) is 0 Å². The molecular weight excluding hydrogens is 584 g/mol. The molecule has 0 radical (unpaired) electrons. The lowest BCUT2D eigenvalue weighted by atomic mass is 9.96. The molecule has 10 heteroatoms. The van der Waals surface area contributed by atoms with Crippen molar-refractivity contribution in [2.24, 2.45) is 15.0 Å². The van der Waals surface area contributed by atoms with Crippen molar-refractivity contribution in [2.45, 2.75) is 74.1 Å². The highest BCUT2D eigenvalue weighted by Gasteiger charge is 2.28. The van der Waals surface area contributed by atoms with Gasteiger partial charge in [0.25, 0.3) is 0 Å². The lowest BCUT2D eigenvalue weighted by Crippen LogP contribution is -2.27. The highest BCUT2D eigenvalue weighted by Crippen LogP contribution is 2.36. The van der Waals surface area contributed by atoms with E-state index in [1.807, 2.05) is 45.1 Å². The maximum absolute atomic E-state index is 12.8. The number of aliphatic hydroxyl groups excluding tert-OH is 1. The van der Waals surface area contributed by atoms with Gasteiger partial charge in [0.05, 0.1) is 52.4 Å². The number of rotatable bonds is 6. The van der Waals surface area contributed by atoms with Gasteiger partial charge in [0.1, 0.15) is 0 Å². The smallest absolute Gasteiger partial charge is 0.373 e. The minimum atomic E-state index is -0.282. The molecule has 0 saturated carbocycles. The van der Waals surface area contributed by atoms with Crippen molar-refractivity contribution >= 4 is 53.0 Å². The maximum atomic E-state index is 12.8. The van der Waals surface area contributed by atoms with Gasteiger partial charge < -0.3 is 14.8 Å². The Morgan fingerprint density at radius 2 is 1.43 bits per heavy atom. The zero-order chi connectivity index (χ0) is 33.9. The Bertz CT molecular complexity index is 1990. The average molecular weight is 623 g/mol. The lowest BCUT2D eigenvalue weighted by Gasteiger charge is -2.07. The van der Waals surface area contributed by atoms with Crippen LogP contribution < -0.4 is 10.6 Å². The van der Waals surface area contributed by atoms with Crippen LogP contribution in [0.1, 0.15) is 78.5 Å². The van der Waals surface area contributed by atoms with E-state index in [0.717, 1.165) is 74.8 Å². The number of carbonyl (C=O) groups is 2. The average Bonchev–Trinajstić information content (AvgIpc) is 3.66. The highest BCUT2D eigenvalue weighted by molar-refractivity contribution is 6.24. The standard InChI is InChI=1S/C35H38N4O4.CO2/c1-9-10-23-17(2)25-13-27-19(4)34(21(6)40)32(38-27)15-28-20(5)35(22(7)41)31(39-28)14-26-18(3)24(11-12-33(42)43-8)30(37-26)16-29(23)36-25;2-1-3/h13-16,39,41H,9-12H2,1-8H3;. The number of esters is 1. The van der Waals surface area contributed by atoms with Crippen LogP contribution in [-0.2, 0) is 23.9 Å². The molecule has 238 valence electrons. The topological polar surface area (TPSA) is 151 Å². The Labute approximate surface area is 267 Å². The van der Waals surface area contributed by atoms with Gasteiger partial charge in [-0.3, -0.25) is 9.59 Å².